The van der Waals surface area contributed by atoms with E-state index in [9.17, 15) is 22.0 Å². The van der Waals surface area contributed by atoms with E-state index in [0.717, 1.165) is 61.0 Å². The number of carbonyl (C=O) groups is 1. The van der Waals surface area contributed by atoms with Crippen molar-refractivity contribution in [1.82, 2.24) is 10.2 Å². The third-order valence-electron chi connectivity index (χ3n) is 7.90. The summed E-state index contributed by atoms with van der Waals surface area (Å²) in [5.41, 5.74) is 2.16. The fourth-order valence-electron chi connectivity index (χ4n) is 5.58. The maximum atomic E-state index is 14.7. The summed E-state index contributed by atoms with van der Waals surface area (Å²) in [6.07, 6.45) is 4.37. The summed E-state index contributed by atoms with van der Waals surface area (Å²) in [6.45, 7) is 0.159. The molecule has 1 aromatic heterocycles. The van der Waals surface area contributed by atoms with Crippen molar-refractivity contribution in [3.05, 3.63) is 81.7 Å². The van der Waals surface area contributed by atoms with Gasteiger partial charge in [-0.3, -0.25) is 4.79 Å². The van der Waals surface area contributed by atoms with Crippen molar-refractivity contribution in [1.29, 1.82) is 0 Å². The molecule has 0 bridgehead atoms. The molecule has 0 unspecified atom stereocenters. The molecule has 1 fully saturated rings. The second-order valence-electron chi connectivity index (χ2n) is 10.5. The van der Waals surface area contributed by atoms with Gasteiger partial charge in [-0.25, -0.2) is 17.2 Å². The first-order valence-electron chi connectivity index (χ1n) is 13.5. The van der Waals surface area contributed by atoms with Crippen LogP contribution in [0.4, 0.5) is 8.78 Å². The van der Waals surface area contributed by atoms with Gasteiger partial charge in [0.2, 0.25) is 0 Å². The smallest absolute Gasteiger partial charge is 0.266 e. The number of amides is 1. The summed E-state index contributed by atoms with van der Waals surface area (Å²) >= 11 is 7.40. The minimum Gasteiger partial charge on any atom is -0.496 e. The Hall–Kier alpha value is -2.76. The van der Waals surface area contributed by atoms with Crippen LogP contribution in [-0.2, 0) is 16.4 Å². The minimum atomic E-state index is -3.41. The van der Waals surface area contributed by atoms with Gasteiger partial charge in [0, 0.05) is 30.4 Å². The Bertz CT molecular complexity index is 1760. The lowest BCUT2D eigenvalue weighted by molar-refractivity contribution is 0.0604. The molecule has 4 aromatic rings. The lowest BCUT2D eigenvalue weighted by atomic mass is 9.89. The van der Waals surface area contributed by atoms with Crippen molar-refractivity contribution in [3.63, 3.8) is 0 Å². The van der Waals surface area contributed by atoms with E-state index in [1.807, 2.05) is 25.2 Å². The van der Waals surface area contributed by atoms with E-state index in [2.05, 4.69) is 5.32 Å². The Balaban J connectivity index is 0.00000423. The second kappa shape index (κ2) is 13.5. The molecule has 0 saturated heterocycles. The molecular weight excluding hydrogens is 637 g/mol. The highest BCUT2D eigenvalue weighted by Gasteiger charge is 2.33. The normalized spacial score (nSPS) is 17.0. The zero-order valence-corrected chi connectivity index (χ0v) is 27.0. The van der Waals surface area contributed by atoms with E-state index in [1.54, 1.807) is 36.3 Å². The molecule has 1 aliphatic carbocycles. The molecular formula is C31H32Cl2F2N2O4S2. The first-order chi connectivity index (χ1) is 20.0. The van der Waals surface area contributed by atoms with Gasteiger partial charge >= 0.3 is 0 Å². The van der Waals surface area contributed by atoms with Crippen LogP contribution < -0.4 is 10.1 Å². The van der Waals surface area contributed by atoms with Crippen molar-refractivity contribution in [2.75, 3.05) is 20.4 Å². The molecule has 3 aromatic carbocycles. The van der Waals surface area contributed by atoms with Crippen molar-refractivity contribution >= 4 is 61.2 Å². The Labute approximate surface area is 265 Å². The molecule has 43 heavy (non-hydrogen) atoms. The molecule has 0 aliphatic heterocycles. The first-order valence-corrected chi connectivity index (χ1v) is 16.6. The summed E-state index contributed by atoms with van der Waals surface area (Å²) in [7, 11) is 0.0555. The van der Waals surface area contributed by atoms with Crippen LogP contribution in [0, 0.1) is 11.6 Å². The van der Waals surface area contributed by atoms with E-state index in [1.165, 1.54) is 0 Å². The van der Waals surface area contributed by atoms with E-state index >= 15 is 0 Å². The number of sulfone groups is 1. The molecule has 12 heteroatoms. The maximum absolute atomic E-state index is 14.7. The number of hydrogen-bond acceptors (Lipinski definition) is 6. The third kappa shape index (κ3) is 6.83. The van der Waals surface area contributed by atoms with Gasteiger partial charge < -0.3 is 15.0 Å². The van der Waals surface area contributed by atoms with Gasteiger partial charge in [0.25, 0.3) is 5.91 Å². The van der Waals surface area contributed by atoms with Crippen LogP contribution in [0.5, 0.6) is 5.75 Å². The predicted octanol–water partition coefficient (Wildman–Crippen LogP) is 7.51. The summed E-state index contributed by atoms with van der Waals surface area (Å²) < 4.78 is 59.3. The average molecular weight is 670 g/mol. The number of nitrogens with one attached hydrogen (secondary N) is 1. The lowest BCUT2D eigenvalue weighted by Gasteiger charge is -2.37. The van der Waals surface area contributed by atoms with E-state index in [-0.39, 0.29) is 49.9 Å². The molecule has 1 saturated carbocycles. The molecule has 230 valence electrons. The molecule has 1 N–H and O–H groups in total. The number of hydrogen-bond donors (Lipinski definition) is 1. The first kappa shape index (κ1) is 33.1. The molecule has 1 aliphatic rings. The molecule has 0 radical (unpaired) electrons. The zero-order chi connectivity index (χ0) is 30.2. The summed E-state index contributed by atoms with van der Waals surface area (Å²) in [4.78, 5) is 16.2. The number of halogens is 4. The van der Waals surface area contributed by atoms with E-state index < -0.39 is 27.4 Å². The standard InChI is InChI=1S/C31H31ClF2N2O4S2.ClH/c1-35-21-8-10-22(11-9-21)36(31(37)30-28(32)27-24(33)12-13-25(34)29(27)41-30)17-20-15-19(7-14-26(20)40-2)18-5-4-6-23(16-18)42(3,38)39;/h4-7,12-16,21-22,35H,8-11,17H2,1-3H3;1H. The highest BCUT2D eigenvalue weighted by Crippen LogP contribution is 2.40. The predicted molar refractivity (Wildman–Crippen MR) is 171 cm³/mol. The van der Waals surface area contributed by atoms with E-state index in [4.69, 9.17) is 16.3 Å². The number of methoxy groups -OCH3 is 1. The quantitative estimate of drug-likeness (QED) is 0.210. The Morgan fingerprint density at radius 1 is 1.05 bits per heavy atom. The van der Waals surface area contributed by atoms with Gasteiger partial charge in [-0.15, -0.1) is 23.7 Å². The minimum absolute atomic E-state index is 0. The molecule has 0 atom stereocenters. The summed E-state index contributed by atoms with van der Waals surface area (Å²) in [6, 6.07) is 14.4. The fraction of sp³-hybridized carbons (Fsp3) is 0.323. The second-order valence-corrected chi connectivity index (χ2v) is 13.9. The van der Waals surface area contributed by atoms with Gasteiger partial charge in [0.1, 0.15) is 22.3 Å². The number of rotatable bonds is 8. The van der Waals surface area contributed by atoms with Gasteiger partial charge in [0.15, 0.2) is 9.84 Å². The zero-order valence-electron chi connectivity index (χ0n) is 23.8. The number of nitrogens with zero attached hydrogens (tertiary/aromatic N) is 1. The maximum Gasteiger partial charge on any atom is 0.266 e. The average Bonchev–Trinajstić information content (AvgIpc) is 3.35. The number of benzene rings is 3. The number of thiophene rings is 1. The SMILES string of the molecule is CNC1CCC(N(Cc2cc(-c3cccc(S(C)(=O)=O)c3)ccc2OC)C(=O)c2sc3c(F)ccc(F)c3c2Cl)CC1.Cl. The molecule has 1 heterocycles. The van der Waals surface area contributed by atoms with Crippen molar-refractivity contribution in [2.45, 2.75) is 49.2 Å². The Morgan fingerprint density at radius 3 is 2.35 bits per heavy atom. The third-order valence-corrected chi connectivity index (χ3v) is 10.7. The van der Waals surface area contributed by atoms with Crippen LogP contribution in [-0.4, -0.2) is 51.7 Å². The lowest BCUT2D eigenvalue weighted by Crippen LogP contribution is -2.44. The molecule has 6 nitrogen and oxygen atoms in total. The van der Waals surface area contributed by atoms with Crippen LogP contribution in [0.2, 0.25) is 5.02 Å². The van der Waals surface area contributed by atoms with Crippen molar-refractivity contribution in [2.24, 2.45) is 0 Å². The van der Waals surface area contributed by atoms with Gasteiger partial charge in [-0.05, 0) is 80.3 Å². The topological polar surface area (TPSA) is 75.7 Å². The number of fused-ring (bicyclic) bond motifs is 1. The van der Waals surface area contributed by atoms with Crippen molar-refractivity contribution in [3.8, 4) is 16.9 Å². The molecule has 1 amide bonds. The molecule has 5 rings (SSSR count). The van der Waals surface area contributed by atoms with Crippen molar-refractivity contribution < 1.29 is 26.7 Å². The number of carbonyl (C=O) groups excluding carboxylic acids is 1. The summed E-state index contributed by atoms with van der Waals surface area (Å²) in [5.74, 6) is -1.17. The van der Waals surface area contributed by atoms with Crippen LogP contribution in [0.15, 0.2) is 59.5 Å². The van der Waals surface area contributed by atoms with E-state index in [0.29, 0.717) is 22.9 Å². The van der Waals surface area contributed by atoms with Crippen LogP contribution in [0.3, 0.4) is 0 Å². The Morgan fingerprint density at radius 2 is 1.72 bits per heavy atom. The van der Waals surface area contributed by atoms with Gasteiger partial charge in [-0.2, -0.15) is 0 Å². The fourth-order valence-corrected chi connectivity index (χ4v) is 7.75. The Kier molecular flexibility index (Phi) is 10.4. The van der Waals surface area contributed by atoms with Gasteiger partial charge in [-0.1, -0.05) is 29.8 Å². The highest BCUT2D eigenvalue weighted by atomic mass is 35.5. The van der Waals surface area contributed by atoms with Crippen LogP contribution in [0.25, 0.3) is 21.2 Å². The monoisotopic (exact) mass is 668 g/mol. The molecule has 0 spiro atoms. The van der Waals surface area contributed by atoms with Crippen LogP contribution >= 0.6 is 35.3 Å². The number of ether oxygens (including phenoxy) is 1. The van der Waals surface area contributed by atoms with Crippen LogP contribution in [0.1, 0.15) is 40.9 Å². The largest absolute Gasteiger partial charge is 0.496 e. The summed E-state index contributed by atoms with van der Waals surface area (Å²) in [5, 5.41) is 3.12. The highest BCUT2D eigenvalue weighted by molar-refractivity contribution is 7.90. The van der Waals surface area contributed by atoms with Gasteiger partial charge in [0.05, 0.1) is 27.1 Å².